The third-order valence-electron chi connectivity index (χ3n) is 1.34. The minimum atomic E-state index is 0.789. The second-order valence-corrected chi connectivity index (χ2v) is 2.92. The summed E-state index contributed by atoms with van der Waals surface area (Å²) in [4.78, 5) is 0. The van der Waals surface area contributed by atoms with E-state index >= 15 is 0 Å². The van der Waals surface area contributed by atoms with Crippen molar-refractivity contribution in [3.63, 3.8) is 0 Å². The molecule has 1 nitrogen and oxygen atoms in total. The highest BCUT2D eigenvalue weighted by molar-refractivity contribution is 9.10. The molecule has 51 valence electrons. The fourth-order valence-electron chi connectivity index (χ4n) is 0.777. The number of nitrogen functional groups attached to an aromatic ring is 1. The van der Waals surface area contributed by atoms with Gasteiger partial charge in [0, 0.05) is 10.2 Å². The monoisotopic (exact) mass is 196 g/mol. The van der Waals surface area contributed by atoms with E-state index in [2.05, 4.69) is 15.9 Å². The maximum absolute atomic E-state index is 5.54. The Hall–Kier alpha value is -0.435. The van der Waals surface area contributed by atoms with E-state index in [-0.39, 0.29) is 0 Å². The van der Waals surface area contributed by atoms with E-state index in [1.165, 1.54) is 5.46 Å². The Bertz CT molecular complexity index is 237. The Morgan fingerprint density at radius 2 is 2.20 bits per heavy atom. The first-order chi connectivity index (χ1) is 4.74. The van der Waals surface area contributed by atoms with Gasteiger partial charge in [-0.05, 0) is 12.1 Å². The van der Waals surface area contributed by atoms with E-state index in [0.717, 1.165) is 10.2 Å². The van der Waals surface area contributed by atoms with Gasteiger partial charge in [-0.2, -0.15) is 0 Å². The molecule has 0 saturated heterocycles. The van der Waals surface area contributed by atoms with Crippen molar-refractivity contribution in [1.82, 2.24) is 0 Å². The maximum Gasteiger partial charge on any atom is 0.149 e. The number of nitrogens with two attached hydrogens (primary N) is 1. The largest absolute Gasteiger partial charge is 0.399 e. The van der Waals surface area contributed by atoms with Crippen molar-refractivity contribution < 1.29 is 0 Å². The first-order valence-electron chi connectivity index (χ1n) is 3.08. The molecule has 10 heavy (non-hydrogen) atoms. The van der Waals surface area contributed by atoms with Crippen LogP contribution in [-0.2, 0) is 0 Å². The van der Waals surface area contributed by atoms with Gasteiger partial charge in [-0.3, -0.25) is 0 Å². The molecule has 0 saturated carbocycles. The molecular formula is C7H8BBrN. The molecule has 1 rings (SSSR count). The van der Waals surface area contributed by atoms with Crippen LogP contribution in [0.4, 0.5) is 5.69 Å². The highest BCUT2D eigenvalue weighted by Crippen LogP contribution is 2.10. The topological polar surface area (TPSA) is 26.0 Å². The molecule has 3 heteroatoms. The Labute approximate surface area is 70.0 Å². The minimum absolute atomic E-state index is 0.789. The van der Waals surface area contributed by atoms with E-state index < -0.39 is 0 Å². The first-order valence-corrected chi connectivity index (χ1v) is 3.87. The molecule has 0 unspecified atom stereocenters. The van der Waals surface area contributed by atoms with Crippen molar-refractivity contribution >= 4 is 34.4 Å². The lowest BCUT2D eigenvalue weighted by Crippen LogP contribution is -2.11. The van der Waals surface area contributed by atoms with Crippen molar-refractivity contribution in [2.24, 2.45) is 0 Å². The normalized spacial score (nSPS) is 9.40. The van der Waals surface area contributed by atoms with Crippen molar-refractivity contribution in [1.29, 1.82) is 0 Å². The average molecular weight is 197 g/mol. The van der Waals surface area contributed by atoms with Crippen molar-refractivity contribution in [2.45, 2.75) is 6.82 Å². The number of rotatable bonds is 1. The zero-order chi connectivity index (χ0) is 7.56. The molecule has 0 bridgehead atoms. The lowest BCUT2D eigenvalue weighted by atomic mass is 9.73. The van der Waals surface area contributed by atoms with Crippen LogP contribution in [0.1, 0.15) is 0 Å². The van der Waals surface area contributed by atoms with Crippen LogP contribution in [0.5, 0.6) is 0 Å². The summed E-state index contributed by atoms with van der Waals surface area (Å²) in [5.41, 5.74) is 7.50. The van der Waals surface area contributed by atoms with Gasteiger partial charge in [0.1, 0.15) is 7.28 Å². The van der Waals surface area contributed by atoms with E-state index in [1.54, 1.807) is 0 Å². The van der Waals surface area contributed by atoms with Gasteiger partial charge in [0.05, 0.1) is 0 Å². The smallest absolute Gasteiger partial charge is 0.149 e. The number of anilines is 1. The summed E-state index contributed by atoms with van der Waals surface area (Å²) in [5.74, 6) is 0. The molecule has 2 N–H and O–H groups in total. The third kappa shape index (κ3) is 1.54. The predicted molar refractivity (Wildman–Crippen MR) is 49.8 cm³/mol. The second kappa shape index (κ2) is 3.10. The lowest BCUT2D eigenvalue weighted by Gasteiger charge is -1.99. The first kappa shape index (κ1) is 7.67. The highest BCUT2D eigenvalue weighted by atomic mass is 79.9. The van der Waals surface area contributed by atoms with Crippen molar-refractivity contribution in [3.05, 3.63) is 22.7 Å². The molecule has 1 aromatic carbocycles. The van der Waals surface area contributed by atoms with E-state index in [1.807, 2.05) is 32.3 Å². The molecule has 0 heterocycles. The van der Waals surface area contributed by atoms with Crippen LogP contribution in [0.15, 0.2) is 22.7 Å². The number of hydrogen-bond donors (Lipinski definition) is 1. The molecule has 0 spiro atoms. The quantitative estimate of drug-likeness (QED) is 0.534. The maximum atomic E-state index is 5.54. The Balaban J connectivity index is 3.07. The Morgan fingerprint density at radius 1 is 1.50 bits per heavy atom. The molecule has 0 fully saturated rings. The zero-order valence-electron chi connectivity index (χ0n) is 5.76. The van der Waals surface area contributed by atoms with Gasteiger partial charge < -0.3 is 5.73 Å². The van der Waals surface area contributed by atoms with Gasteiger partial charge in [-0.25, -0.2) is 0 Å². The molecule has 0 aliphatic heterocycles. The van der Waals surface area contributed by atoms with E-state index in [0.29, 0.717) is 0 Å². The SMILES string of the molecule is C[B]c1ccc(N)cc1Br. The summed E-state index contributed by atoms with van der Waals surface area (Å²) in [7, 11) is 2.03. The predicted octanol–water partition coefficient (Wildman–Crippen LogP) is 1.41. The third-order valence-corrected chi connectivity index (χ3v) is 2.02. The standard InChI is InChI=1S/C7H8BBrN/c1-8-6-3-2-5(10)4-7(6)9/h2-4H,10H2,1H3. The summed E-state index contributed by atoms with van der Waals surface area (Å²) in [5, 5.41) is 0. The average Bonchev–Trinajstić information content (AvgIpc) is 1.88. The summed E-state index contributed by atoms with van der Waals surface area (Å²) >= 11 is 3.40. The number of halogens is 1. The zero-order valence-corrected chi connectivity index (χ0v) is 7.35. The van der Waals surface area contributed by atoms with E-state index in [4.69, 9.17) is 5.73 Å². The summed E-state index contributed by atoms with van der Waals surface area (Å²) in [6.07, 6.45) is 0. The van der Waals surface area contributed by atoms with Gasteiger partial charge in [-0.1, -0.05) is 34.3 Å². The fraction of sp³-hybridized carbons (Fsp3) is 0.143. The molecule has 0 aliphatic carbocycles. The summed E-state index contributed by atoms with van der Waals surface area (Å²) in [6, 6.07) is 5.77. The Morgan fingerprint density at radius 3 is 2.70 bits per heavy atom. The number of benzene rings is 1. The highest BCUT2D eigenvalue weighted by Gasteiger charge is 1.96. The van der Waals surface area contributed by atoms with Crippen LogP contribution in [0.25, 0.3) is 0 Å². The fourth-order valence-corrected chi connectivity index (χ4v) is 1.40. The van der Waals surface area contributed by atoms with Crippen molar-refractivity contribution in [3.8, 4) is 0 Å². The molecule has 1 radical (unpaired) electrons. The second-order valence-electron chi connectivity index (χ2n) is 2.07. The lowest BCUT2D eigenvalue weighted by molar-refractivity contribution is 1.68. The van der Waals surface area contributed by atoms with Crippen LogP contribution >= 0.6 is 15.9 Å². The molecule has 1 aromatic rings. The molecule has 0 aromatic heterocycles. The van der Waals surface area contributed by atoms with Gasteiger partial charge in [0.25, 0.3) is 0 Å². The molecule has 0 atom stereocenters. The molecular weight excluding hydrogens is 189 g/mol. The van der Waals surface area contributed by atoms with Gasteiger partial charge in [-0.15, -0.1) is 0 Å². The number of hydrogen-bond acceptors (Lipinski definition) is 1. The van der Waals surface area contributed by atoms with Crippen LogP contribution < -0.4 is 11.2 Å². The minimum Gasteiger partial charge on any atom is -0.399 e. The van der Waals surface area contributed by atoms with Gasteiger partial charge in [0.2, 0.25) is 0 Å². The molecule has 0 aliphatic rings. The summed E-state index contributed by atoms with van der Waals surface area (Å²) < 4.78 is 1.05. The summed E-state index contributed by atoms with van der Waals surface area (Å²) in [6.45, 7) is 2.00. The van der Waals surface area contributed by atoms with Crippen LogP contribution in [0.3, 0.4) is 0 Å². The van der Waals surface area contributed by atoms with Gasteiger partial charge in [0.15, 0.2) is 0 Å². The van der Waals surface area contributed by atoms with Crippen LogP contribution in [-0.4, -0.2) is 7.28 Å². The van der Waals surface area contributed by atoms with Crippen molar-refractivity contribution in [2.75, 3.05) is 5.73 Å². The van der Waals surface area contributed by atoms with Crippen LogP contribution in [0, 0.1) is 0 Å². The van der Waals surface area contributed by atoms with Crippen LogP contribution in [0.2, 0.25) is 6.82 Å². The van der Waals surface area contributed by atoms with Gasteiger partial charge >= 0.3 is 0 Å². The van der Waals surface area contributed by atoms with E-state index in [9.17, 15) is 0 Å². The Kier molecular flexibility index (Phi) is 2.38. The molecule has 0 amide bonds.